The van der Waals surface area contributed by atoms with Gasteiger partial charge < -0.3 is 26.3 Å². The molecule has 0 unspecified atom stereocenters. The SMILES string of the molecule is CCOC(=O)c1cc(N)cc(Cl)c1NCCOC(N)=O. The topological polar surface area (TPSA) is 117 Å². The summed E-state index contributed by atoms with van der Waals surface area (Å²) >= 11 is 6.04. The minimum Gasteiger partial charge on any atom is -0.462 e. The van der Waals surface area contributed by atoms with Crippen molar-refractivity contribution in [3.05, 3.63) is 22.7 Å². The summed E-state index contributed by atoms with van der Waals surface area (Å²) in [5, 5.41) is 3.15. The van der Waals surface area contributed by atoms with Crippen LogP contribution in [0.3, 0.4) is 0 Å². The monoisotopic (exact) mass is 301 g/mol. The van der Waals surface area contributed by atoms with Gasteiger partial charge in [0.2, 0.25) is 0 Å². The first-order chi connectivity index (χ1) is 9.45. The molecule has 0 saturated carbocycles. The normalized spacial score (nSPS) is 9.90. The summed E-state index contributed by atoms with van der Waals surface area (Å²) in [5.74, 6) is -0.542. The molecule has 0 aliphatic carbocycles. The van der Waals surface area contributed by atoms with Gasteiger partial charge in [0.05, 0.1) is 22.9 Å². The molecule has 0 saturated heterocycles. The zero-order valence-corrected chi connectivity index (χ0v) is 11.7. The number of anilines is 2. The van der Waals surface area contributed by atoms with Crippen molar-refractivity contribution in [2.24, 2.45) is 5.73 Å². The number of esters is 1. The number of primary amides is 1. The number of carbonyl (C=O) groups is 2. The Morgan fingerprint density at radius 1 is 1.35 bits per heavy atom. The van der Waals surface area contributed by atoms with Gasteiger partial charge in [-0.25, -0.2) is 9.59 Å². The molecule has 1 aromatic rings. The van der Waals surface area contributed by atoms with Crippen LogP contribution in [0.2, 0.25) is 5.02 Å². The van der Waals surface area contributed by atoms with Crippen molar-refractivity contribution in [2.45, 2.75) is 6.92 Å². The third kappa shape index (κ3) is 4.51. The van der Waals surface area contributed by atoms with Crippen LogP contribution in [0.1, 0.15) is 17.3 Å². The summed E-state index contributed by atoms with van der Waals surface area (Å²) in [6, 6.07) is 2.96. The van der Waals surface area contributed by atoms with Crippen LogP contribution in [-0.4, -0.2) is 31.8 Å². The van der Waals surface area contributed by atoms with Gasteiger partial charge >= 0.3 is 12.1 Å². The van der Waals surface area contributed by atoms with Gasteiger partial charge in [-0.15, -0.1) is 0 Å². The van der Waals surface area contributed by atoms with Gasteiger partial charge in [0.1, 0.15) is 6.61 Å². The average Bonchev–Trinajstić information content (AvgIpc) is 2.35. The Balaban J connectivity index is 2.86. The standard InChI is InChI=1S/C12H16ClN3O4/c1-2-19-11(17)8-5-7(14)6-9(13)10(8)16-3-4-20-12(15)18/h5-6,16H,2-4,14H2,1H3,(H2,15,18). The number of carbonyl (C=O) groups excluding carboxylic acids is 2. The highest BCUT2D eigenvalue weighted by Crippen LogP contribution is 2.29. The van der Waals surface area contributed by atoms with Crippen LogP contribution >= 0.6 is 11.6 Å². The van der Waals surface area contributed by atoms with Gasteiger partial charge in [-0.2, -0.15) is 0 Å². The Labute approximate surface area is 121 Å². The summed E-state index contributed by atoms with van der Waals surface area (Å²) in [4.78, 5) is 22.3. The van der Waals surface area contributed by atoms with Crippen LogP contribution in [0.25, 0.3) is 0 Å². The highest BCUT2D eigenvalue weighted by molar-refractivity contribution is 6.34. The third-order valence-corrected chi connectivity index (χ3v) is 2.55. The van der Waals surface area contributed by atoms with E-state index in [1.807, 2.05) is 0 Å². The van der Waals surface area contributed by atoms with Crippen molar-refractivity contribution in [1.29, 1.82) is 0 Å². The minimum atomic E-state index is -0.874. The minimum absolute atomic E-state index is 0.0400. The van der Waals surface area contributed by atoms with Crippen LogP contribution in [0.5, 0.6) is 0 Å². The number of amides is 1. The maximum absolute atomic E-state index is 11.8. The number of nitrogens with two attached hydrogens (primary N) is 2. The second kappa shape index (κ2) is 7.44. The number of hydrogen-bond donors (Lipinski definition) is 3. The number of nitrogens with one attached hydrogen (secondary N) is 1. The molecule has 1 rings (SSSR count). The Hall–Kier alpha value is -2.15. The lowest BCUT2D eigenvalue weighted by atomic mass is 10.1. The first-order valence-corrected chi connectivity index (χ1v) is 6.25. The largest absolute Gasteiger partial charge is 0.462 e. The maximum Gasteiger partial charge on any atom is 0.404 e. The quantitative estimate of drug-likeness (QED) is 0.417. The van der Waals surface area contributed by atoms with E-state index in [9.17, 15) is 9.59 Å². The van der Waals surface area contributed by atoms with Crippen LogP contribution in [0.15, 0.2) is 12.1 Å². The lowest BCUT2D eigenvalue weighted by Crippen LogP contribution is -2.19. The molecule has 0 radical (unpaired) electrons. The van der Waals surface area contributed by atoms with Gasteiger partial charge in [-0.05, 0) is 19.1 Å². The molecule has 20 heavy (non-hydrogen) atoms. The fourth-order valence-electron chi connectivity index (χ4n) is 1.50. The zero-order valence-electron chi connectivity index (χ0n) is 10.9. The second-order valence-electron chi connectivity index (χ2n) is 3.74. The third-order valence-electron chi connectivity index (χ3n) is 2.26. The number of ether oxygens (including phenoxy) is 2. The predicted molar refractivity (Wildman–Crippen MR) is 75.8 cm³/mol. The Kier molecular flexibility index (Phi) is 5.92. The summed E-state index contributed by atoms with van der Waals surface area (Å²) in [5.41, 5.74) is 11.4. The molecule has 7 nitrogen and oxygen atoms in total. The highest BCUT2D eigenvalue weighted by Gasteiger charge is 2.16. The summed E-state index contributed by atoms with van der Waals surface area (Å²) in [6.07, 6.45) is -0.874. The fourth-order valence-corrected chi connectivity index (χ4v) is 1.80. The van der Waals surface area contributed by atoms with E-state index in [0.29, 0.717) is 11.4 Å². The van der Waals surface area contributed by atoms with Crippen LogP contribution < -0.4 is 16.8 Å². The highest BCUT2D eigenvalue weighted by atomic mass is 35.5. The first kappa shape index (κ1) is 15.9. The molecule has 0 heterocycles. The summed E-state index contributed by atoms with van der Waals surface area (Å²) < 4.78 is 9.49. The number of nitrogen functional groups attached to an aromatic ring is 1. The molecule has 0 aliphatic rings. The smallest absolute Gasteiger partial charge is 0.404 e. The van der Waals surface area contributed by atoms with E-state index < -0.39 is 12.1 Å². The summed E-state index contributed by atoms with van der Waals surface area (Å²) in [6.45, 7) is 2.20. The fraction of sp³-hybridized carbons (Fsp3) is 0.333. The number of halogens is 1. The van der Waals surface area contributed by atoms with Crippen LogP contribution in [0, 0.1) is 0 Å². The zero-order chi connectivity index (χ0) is 15.1. The van der Waals surface area contributed by atoms with E-state index in [2.05, 4.69) is 10.1 Å². The Bertz CT molecular complexity index is 508. The van der Waals surface area contributed by atoms with Gasteiger partial charge in [-0.3, -0.25) is 0 Å². The Morgan fingerprint density at radius 2 is 2.05 bits per heavy atom. The van der Waals surface area contributed by atoms with E-state index in [1.54, 1.807) is 6.92 Å². The van der Waals surface area contributed by atoms with Crippen molar-refractivity contribution in [3.63, 3.8) is 0 Å². The first-order valence-electron chi connectivity index (χ1n) is 5.88. The van der Waals surface area contributed by atoms with E-state index in [4.69, 9.17) is 27.8 Å². The van der Waals surface area contributed by atoms with E-state index in [1.165, 1.54) is 12.1 Å². The Morgan fingerprint density at radius 3 is 2.65 bits per heavy atom. The molecular formula is C12H16ClN3O4. The van der Waals surface area contributed by atoms with Gasteiger partial charge in [0.15, 0.2) is 0 Å². The van der Waals surface area contributed by atoms with Crippen LogP contribution in [0.4, 0.5) is 16.2 Å². The number of hydrogen-bond acceptors (Lipinski definition) is 6. The molecule has 0 aromatic heterocycles. The molecule has 0 fully saturated rings. The molecule has 8 heteroatoms. The lowest BCUT2D eigenvalue weighted by Gasteiger charge is -2.14. The average molecular weight is 302 g/mol. The van der Waals surface area contributed by atoms with Crippen molar-refractivity contribution in [2.75, 3.05) is 30.8 Å². The second-order valence-corrected chi connectivity index (χ2v) is 4.15. The van der Waals surface area contributed by atoms with E-state index in [0.717, 1.165) is 0 Å². The van der Waals surface area contributed by atoms with Gasteiger partial charge in [0, 0.05) is 12.2 Å². The van der Waals surface area contributed by atoms with E-state index in [-0.39, 0.29) is 30.3 Å². The van der Waals surface area contributed by atoms with Crippen LogP contribution in [-0.2, 0) is 9.47 Å². The molecule has 110 valence electrons. The molecule has 1 amide bonds. The van der Waals surface area contributed by atoms with Crippen molar-refractivity contribution < 1.29 is 19.1 Å². The molecule has 0 spiro atoms. The number of benzene rings is 1. The number of rotatable bonds is 6. The van der Waals surface area contributed by atoms with Gasteiger partial charge in [-0.1, -0.05) is 11.6 Å². The molecular weight excluding hydrogens is 286 g/mol. The molecule has 0 atom stereocenters. The van der Waals surface area contributed by atoms with E-state index >= 15 is 0 Å². The molecule has 0 bridgehead atoms. The van der Waals surface area contributed by atoms with Crippen molar-refractivity contribution >= 4 is 35.0 Å². The predicted octanol–water partition coefficient (Wildman–Crippen LogP) is 1.61. The van der Waals surface area contributed by atoms with Crippen molar-refractivity contribution in [3.8, 4) is 0 Å². The van der Waals surface area contributed by atoms with Crippen molar-refractivity contribution in [1.82, 2.24) is 0 Å². The summed E-state index contributed by atoms with van der Waals surface area (Å²) in [7, 11) is 0. The maximum atomic E-state index is 11.8. The molecule has 0 aliphatic heterocycles. The molecule has 1 aromatic carbocycles. The van der Waals surface area contributed by atoms with Gasteiger partial charge in [0.25, 0.3) is 0 Å². The molecule has 5 N–H and O–H groups in total. The lowest BCUT2D eigenvalue weighted by molar-refractivity contribution is 0.0527.